The van der Waals surface area contributed by atoms with E-state index in [4.69, 9.17) is 0 Å². The first kappa shape index (κ1) is 13.0. The van der Waals surface area contributed by atoms with E-state index in [1.807, 2.05) is 6.92 Å². The minimum atomic E-state index is -0.410. The minimum Gasteiger partial charge on any atom is -0.323 e. The van der Waals surface area contributed by atoms with Crippen LogP contribution in [0.2, 0.25) is 0 Å². The number of carbonyl (C=O) groups is 3. The van der Waals surface area contributed by atoms with Crippen LogP contribution in [0.1, 0.15) is 6.92 Å². The standard InChI is InChI=1S/C11H18N4O3/c1-8(14-4-2-12-3-5-14)11(18)15-6-9(16)13-10(17)7-15/h8,12H,2-7H2,1H3,(H,13,16,17). The number of hydrogen-bond acceptors (Lipinski definition) is 5. The summed E-state index contributed by atoms with van der Waals surface area (Å²) >= 11 is 0. The van der Waals surface area contributed by atoms with Gasteiger partial charge in [-0.1, -0.05) is 0 Å². The predicted molar refractivity (Wildman–Crippen MR) is 63.6 cm³/mol. The summed E-state index contributed by atoms with van der Waals surface area (Å²) in [5, 5.41) is 5.40. The van der Waals surface area contributed by atoms with E-state index in [1.54, 1.807) is 0 Å². The lowest BCUT2D eigenvalue weighted by atomic mass is 10.2. The van der Waals surface area contributed by atoms with Crippen LogP contribution in [0, 0.1) is 0 Å². The van der Waals surface area contributed by atoms with Gasteiger partial charge in [0.2, 0.25) is 17.7 Å². The molecule has 7 heteroatoms. The molecule has 7 nitrogen and oxygen atoms in total. The van der Waals surface area contributed by atoms with Crippen molar-refractivity contribution in [3.8, 4) is 0 Å². The third kappa shape index (κ3) is 2.85. The molecular weight excluding hydrogens is 236 g/mol. The number of hydrogen-bond donors (Lipinski definition) is 2. The predicted octanol–water partition coefficient (Wildman–Crippen LogP) is -2.23. The Hall–Kier alpha value is -1.47. The Morgan fingerprint density at radius 1 is 1.17 bits per heavy atom. The first-order valence-electron chi connectivity index (χ1n) is 6.14. The number of piperazine rings is 2. The van der Waals surface area contributed by atoms with Gasteiger partial charge in [0.1, 0.15) is 13.1 Å². The Bertz CT molecular complexity index is 349. The zero-order valence-corrected chi connectivity index (χ0v) is 10.4. The largest absolute Gasteiger partial charge is 0.323 e. The van der Waals surface area contributed by atoms with Gasteiger partial charge in [-0.05, 0) is 6.92 Å². The van der Waals surface area contributed by atoms with Gasteiger partial charge >= 0.3 is 0 Å². The molecule has 2 aliphatic heterocycles. The molecule has 0 radical (unpaired) electrons. The van der Waals surface area contributed by atoms with Crippen molar-refractivity contribution in [1.29, 1.82) is 0 Å². The lowest BCUT2D eigenvalue weighted by Crippen LogP contribution is -2.59. The molecule has 0 aromatic heterocycles. The molecular formula is C11H18N4O3. The quantitative estimate of drug-likeness (QED) is 0.545. The molecule has 2 rings (SSSR count). The highest BCUT2D eigenvalue weighted by Gasteiger charge is 2.32. The van der Waals surface area contributed by atoms with Crippen molar-refractivity contribution in [1.82, 2.24) is 20.4 Å². The van der Waals surface area contributed by atoms with Gasteiger partial charge in [-0.3, -0.25) is 24.6 Å². The van der Waals surface area contributed by atoms with Crippen LogP contribution in [0.3, 0.4) is 0 Å². The summed E-state index contributed by atoms with van der Waals surface area (Å²) in [5.41, 5.74) is 0. The van der Waals surface area contributed by atoms with Gasteiger partial charge < -0.3 is 10.2 Å². The van der Waals surface area contributed by atoms with Crippen LogP contribution in [0.15, 0.2) is 0 Å². The minimum absolute atomic E-state index is 0.0268. The molecule has 1 atom stereocenters. The van der Waals surface area contributed by atoms with Gasteiger partial charge in [-0.15, -0.1) is 0 Å². The monoisotopic (exact) mass is 254 g/mol. The van der Waals surface area contributed by atoms with Gasteiger partial charge in [0.25, 0.3) is 0 Å². The number of imide groups is 1. The molecule has 0 bridgehead atoms. The summed E-state index contributed by atoms with van der Waals surface area (Å²) in [5.74, 6) is -0.973. The molecule has 0 aliphatic carbocycles. The number of carbonyl (C=O) groups excluding carboxylic acids is 3. The molecule has 100 valence electrons. The summed E-state index contributed by atoms with van der Waals surface area (Å²) in [6, 6.07) is -0.286. The van der Waals surface area contributed by atoms with E-state index >= 15 is 0 Å². The van der Waals surface area contributed by atoms with Crippen LogP contribution in [-0.2, 0) is 14.4 Å². The zero-order valence-electron chi connectivity index (χ0n) is 10.4. The maximum absolute atomic E-state index is 12.2. The normalized spacial score (nSPS) is 23.7. The zero-order chi connectivity index (χ0) is 13.1. The van der Waals surface area contributed by atoms with Crippen molar-refractivity contribution in [2.24, 2.45) is 0 Å². The Morgan fingerprint density at radius 2 is 1.72 bits per heavy atom. The molecule has 2 fully saturated rings. The van der Waals surface area contributed by atoms with Crippen LogP contribution in [0.4, 0.5) is 0 Å². The highest BCUT2D eigenvalue weighted by Crippen LogP contribution is 2.07. The van der Waals surface area contributed by atoms with Crippen LogP contribution in [-0.4, -0.2) is 72.8 Å². The van der Waals surface area contributed by atoms with Crippen LogP contribution in [0.5, 0.6) is 0 Å². The number of nitrogens with zero attached hydrogens (tertiary/aromatic N) is 2. The van der Waals surface area contributed by atoms with Crippen molar-refractivity contribution in [3.63, 3.8) is 0 Å². The van der Waals surface area contributed by atoms with Crippen molar-refractivity contribution in [3.05, 3.63) is 0 Å². The van der Waals surface area contributed by atoms with Crippen molar-refractivity contribution in [2.75, 3.05) is 39.3 Å². The Morgan fingerprint density at radius 3 is 2.28 bits per heavy atom. The van der Waals surface area contributed by atoms with Crippen molar-refractivity contribution in [2.45, 2.75) is 13.0 Å². The second kappa shape index (κ2) is 5.45. The van der Waals surface area contributed by atoms with Gasteiger partial charge in [0.05, 0.1) is 6.04 Å². The average Bonchev–Trinajstić information content (AvgIpc) is 2.37. The van der Waals surface area contributed by atoms with E-state index in [9.17, 15) is 14.4 Å². The number of rotatable bonds is 2. The van der Waals surface area contributed by atoms with Crippen molar-refractivity contribution < 1.29 is 14.4 Å². The lowest BCUT2D eigenvalue weighted by molar-refractivity contribution is -0.148. The van der Waals surface area contributed by atoms with E-state index in [-0.39, 0.29) is 25.0 Å². The third-order valence-electron chi connectivity index (χ3n) is 3.32. The topological polar surface area (TPSA) is 81.8 Å². The molecule has 0 spiro atoms. The fourth-order valence-electron chi connectivity index (χ4n) is 2.28. The Kier molecular flexibility index (Phi) is 3.93. The summed E-state index contributed by atoms with van der Waals surface area (Å²) in [6.07, 6.45) is 0. The van der Waals surface area contributed by atoms with Crippen molar-refractivity contribution >= 4 is 17.7 Å². The smallest absolute Gasteiger partial charge is 0.246 e. The molecule has 2 N–H and O–H groups in total. The van der Waals surface area contributed by atoms with E-state index in [2.05, 4.69) is 15.5 Å². The summed E-state index contributed by atoms with van der Waals surface area (Å²) in [6.45, 7) is 5.10. The lowest BCUT2D eigenvalue weighted by Gasteiger charge is -2.35. The Labute approximate surface area is 105 Å². The van der Waals surface area contributed by atoms with Gasteiger partial charge in [-0.2, -0.15) is 0 Å². The van der Waals surface area contributed by atoms with E-state index in [1.165, 1.54) is 4.90 Å². The fourth-order valence-corrected chi connectivity index (χ4v) is 2.28. The second-order valence-electron chi connectivity index (χ2n) is 4.63. The number of nitrogens with one attached hydrogen (secondary N) is 2. The van der Waals surface area contributed by atoms with E-state index < -0.39 is 11.8 Å². The number of amides is 3. The maximum atomic E-state index is 12.2. The average molecular weight is 254 g/mol. The van der Waals surface area contributed by atoms with Crippen LogP contribution in [0.25, 0.3) is 0 Å². The molecule has 0 aromatic rings. The second-order valence-corrected chi connectivity index (χ2v) is 4.63. The summed E-state index contributed by atoms with van der Waals surface area (Å²) in [4.78, 5) is 38.1. The summed E-state index contributed by atoms with van der Waals surface area (Å²) < 4.78 is 0. The molecule has 18 heavy (non-hydrogen) atoms. The van der Waals surface area contributed by atoms with Gasteiger partial charge in [0, 0.05) is 26.2 Å². The third-order valence-corrected chi connectivity index (χ3v) is 3.32. The highest BCUT2D eigenvalue weighted by atomic mass is 16.2. The summed E-state index contributed by atoms with van der Waals surface area (Å²) in [7, 11) is 0. The maximum Gasteiger partial charge on any atom is 0.246 e. The molecule has 3 amide bonds. The highest BCUT2D eigenvalue weighted by molar-refractivity contribution is 6.03. The van der Waals surface area contributed by atoms with Crippen LogP contribution < -0.4 is 10.6 Å². The first-order valence-corrected chi connectivity index (χ1v) is 6.14. The van der Waals surface area contributed by atoms with Gasteiger partial charge in [0.15, 0.2) is 0 Å². The molecule has 2 saturated heterocycles. The molecule has 0 saturated carbocycles. The van der Waals surface area contributed by atoms with Gasteiger partial charge in [-0.25, -0.2) is 0 Å². The Balaban J connectivity index is 1.96. The fraction of sp³-hybridized carbons (Fsp3) is 0.727. The van der Waals surface area contributed by atoms with E-state index in [0.29, 0.717) is 0 Å². The molecule has 2 aliphatic rings. The molecule has 0 aromatic carbocycles. The molecule has 1 unspecified atom stereocenters. The first-order chi connectivity index (χ1) is 8.58. The SMILES string of the molecule is CC(C(=O)N1CC(=O)NC(=O)C1)N1CCNCC1. The van der Waals surface area contributed by atoms with E-state index in [0.717, 1.165) is 26.2 Å². The molecule has 2 heterocycles. The van der Waals surface area contributed by atoms with Crippen LogP contribution >= 0.6 is 0 Å².